The maximum Gasteiger partial charge on any atom is 0.0934 e. The van der Waals surface area contributed by atoms with Crippen LogP contribution >= 0.6 is 0 Å². The molecule has 0 saturated carbocycles. The van der Waals surface area contributed by atoms with Gasteiger partial charge in [0.25, 0.3) is 0 Å². The van der Waals surface area contributed by atoms with Crippen LogP contribution < -0.4 is 5.32 Å². The van der Waals surface area contributed by atoms with Gasteiger partial charge >= 0.3 is 0 Å². The highest BCUT2D eigenvalue weighted by molar-refractivity contribution is 5.78. The molecule has 2 heterocycles. The molecule has 1 saturated heterocycles. The molecule has 4 heteroatoms. The molecule has 1 aromatic heterocycles. The Balaban J connectivity index is 2.06. The fraction of sp³-hybridized carbons (Fsp3) is 0.429. The molecule has 1 N–H and O–H groups in total. The van der Waals surface area contributed by atoms with E-state index in [1.807, 2.05) is 19.2 Å². The van der Waals surface area contributed by atoms with Gasteiger partial charge in [-0.1, -0.05) is 12.1 Å². The highest BCUT2D eigenvalue weighted by Crippen LogP contribution is 2.31. The van der Waals surface area contributed by atoms with Crippen LogP contribution in [0.15, 0.2) is 30.6 Å². The van der Waals surface area contributed by atoms with E-state index < -0.39 is 0 Å². The molecule has 0 amide bonds. The van der Waals surface area contributed by atoms with Crippen molar-refractivity contribution < 1.29 is 4.74 Å². The van der Waals surface area contributed by atoms with E-state index in [1.165, 1.54) is 5.56 Å². The molecule has 18 heavy (non-hydrogen) atoms. The van der Waals surface area contributed by atoms with Gasteiger partial charge in [-0.25, -0.2) is 0 Å². The minimum absolute atomic E-state index is 0.285. The third kappa shape index (κ3) is 1.98. The van der Waals surface area contributed by atoms with Crippen molar-refractivity contribution >= 4 is 11.0 Å². The third-order valence-corrected chi connectivity index (χ3v) is 3.61. The molecule has 94 valence electrons. The van der Waals surface area contributed by atoms with Crippen molar-refractivity contribution in [3.8, 4) is 0 Å². The van der Waals surface area contributed by atoms with Crippen molar-refractivity contribution in [1.29, 1.82) is 0 Å². The van der Waals surface area contributed by atoms with Crippen LogP contribution in [0.1, 0.15) is 18.0 Å². The van der Waals surface area contributed by atoms with Crippen molar-refractivity contribution in [3.63, 3.8) is 0 Å². The number of rotatable bonds is 3. The second-order valence-electron chi connectivity index (χ2n) is 4.66. The van der Waals surface area contributed by atoms with Crippen LogP contribution in [0.25, 0.3) is 11.0 Å². The van der Waals surface area contributed by atoms with Crippen molar-refractivity contribution in [1.82, 2.24) is 15.3 Å². The summed E-state index contributed by atoms with van der Waals surface area (Å²) >= 11 is 0. The lowest BCUT2D eigenvalue weighted by molar-refractivity contribution is 0.178. The zero-order valence-corrected chi connectivity index (χ0v) is 10.5. The van der Waals surface area contributed by atoms with Crippen LogP contribution in [0.5, 0.6) is 0 Å². The standard InChI is InChI=1S/C14H17N3O/c1-15-13(10-5-8-18-9-10)11-3-2-4-12-14(11)17-7-6-16-12/h2-4,6-7,10,13,15H,5,8-9H2,1H3. The van der Waals surface area contributed by atoms with E-state index in [-0.39, 0.29) is 6.04 Å². The average Bonchev–Trinajstić information content (AvgIpc) is 2.94. The molecule has 1 fully saturated rings. The van der Waals surface area contributed by atoms with Gasteiger partial charge in [0.1, 0.15) is 0 Å². The molecule has 0 radical (unpaired) electrons. The first-order valence-corrected chi connectivity index (χ1v) is 6.35. The maximum atomic E-state index is 5.50. The van der Waals surface area contributed by atoms with Crippen molar-refractivity contribution in [2.45, 2.75) is 12.5 Å². The Labute approximate surface area is 106 Å². The Morgan fingerprint density at radius 1 is 1.33 bits per heavy atom. The van der Waals surface area contributed by atoms with Gasteiger partial charge in [0, 0.05) is 31.0 Å². The average molecular weight is 243 g/mol. The highest BCUT2D eigenvalue weighted by Gasteiger charge is 2.27. The largest absolute Gasteiger partial charge is 0.381 e. The minimum atomic E-state index is 0.285. The smallest absolute Gasteiger partial charge is 0.0934 e. The summed E-state index contributed by atoms with van der Waals surface area (Å²) in [6.07, 6.45) is 4.59. The van der Waals surface area contributed by atoms with Gasteiger partial charge in [-0.3, -0.25) is 9.97 Å². The topological polar surface area (TPSA) is 47.0 Å². The number of ether oxygens (including phenoxy) is 1. The van der Waals surface area contributed by atoms with Gasteiger partial charge in [0.05, 0.1) is 17.6 Å². The predicted molar refractivity (Wildman–Crippen MR) is 70.3 cm³/mol. The van der Waals surface area contributed by atoms with Gasteiger partial charge in [0.15, 0.2) is 0 Å². The van der Waals surface area contributed by atoms with Crippen molar-refractivity contribution in [2.75, 3.05) is 20.3 Å². The highest BCUT2D eigenvalue weighted by atomic mass is 16.5. The Morgan fingerprint density at radius 3 is 3.00 bits per heavy atom. The molecule has 1 aliphatic rings. The summed E-state index contributed by atoms with van der Waals surface area (Å²) in [6, 6.07) is 6.47. The molecule has 0 aliphatic carbocycles. The third-order valence-electron chi connectivity index (χ3n) is 3.61. The Bertz CT molecular complexity index is 532. The zero-order valence-electron chi connectivity index (χ0n) is 10.5. The number of hydrogen-bond acceptors (Lipinski definition) is 4. The van der Waals surface area contributed by atoms with Crippen LogP contribution in [0, 0.1) is 5.92 Å². The van der Waals surface area contributed by atoms with Gasteiger partial charge in [0.2, 0.25) is 0 Å². The molecule has 0 spiro atoms. The molecule has 2 aromatic rings. The Morgan fingerprint density at radius 2 is 2.22 bits per heavy atom. The summed E-state index contributed by atoms with van der Waals surface area (Å²) < 4.78 is 5.50. The lowest BCUT2D eigenvalue weighted by atomic mass is 9.91. The molecule has 0 bridgehead atoms. The van der Waals surface area contributed by atoms with E-state index in [0.29, 0.717) is 5.92 Å². The van der Waals surface area contributed by atoms with Gasteiger partial charge in [-0.15, -0.1) is 0 Å². The molecular formula is C14H17N3O. The summed E-state index contributed by atoms with van der Waals surface area (Å²) in [4.78, 5) is 8.84. The Kier molecular flexibility index (Phi) is 3.21. The first kappa shape index (κ1) is 11.6. The number of aromatic nitrogens is 2. The molecular weight excluding hydrogens is 226 g/mol. The number of para-hydroxylation sites is 1. The summed E-state index contributed by atoms with van der Waals surface area (Å²) in [5, 5.41) is 3.40. The van der Waals surface area contributed by atoms with E-state index in [9.17, 15) is 0 Å². The van der Waals surface area contributed by atoms with Crippen LogP contribution in [0.4, 0.5) is 0 Å². The number of fused-ring (bicyclic) bond motifs is 1. The first-order valence-electron chi connectivity index (χ1n) is 6.35. The number of benzene rings is 1. The van der Waals surface area contributed by atoms with Crippen LogP contribution in [0.3, 0.4) is 0 Å². The number of nitrogens with one attached hydrogen (secondary N) is 1. The molecule has 1 aliphatic heterocycles. The summed E-state index contributed by atoms with van der Waals surface area (Å²) in [7, 11) is 2.00. The lowest BCUT2D eigenvalue weighted by Gasteiger charge is -2.23. The van der Waals surface area contributed by atoms with Gasteiger partial charge in [-0.2, -0.15) is 0 Å². The van der Waals surface area contributed by atoms with E-state index in [4.69, 9.17) is 4.74 Å². The van der Waals surface area contributed by atoms with Crippen LogP contribution in [0.2, 0.25) is 0 Å². The summed E-state index contributed by atoms with van der Waals surface area (Å²) in [5.41, 5.74) is 3.17. The molecule has 2 unspecified atom stereocenters. The van der Waals surface area contributed by atoms with E-state index in [1.54, 1.807) is 12.4 Å². The first-order chi connectivity index (χ1) is 8.90. The van der Waals surface area contributed by atoms with Crippen LogP contribution in [-0.4, -0.2) is 30.2 Å². The van der Waals surface area contributed by atoms with Crippen LogP contribution in [-0.2, 0) is 4.74 Å². The second-order valence-corrected chi connectivity index (χ2v) is 4.66. The SMILES string of the molecule is CNC(c1cccc2nccnc12)C1CCOC1. The van der Waals surface area contributed by atoms with Crippen molar-refractivity contribution in [3.05, 3.63) is 36.2 Å². The van der Waals surface area contributed by atoms with E-state index in [0.717, 1.165) is 30.7 Å². The quantitative estimate of drug-likeness (QED) is 0.894. The van der Waals surface area contributed by atoms with E-state index >= 15 is 0 Å². The summed E-state index contributed by atoms with van der Waals surface area (Å²) in [5.74, 6) is 0.516. The monoisotopic (exact) mass is 243 g/mol. The molecule has 4 nitrogen and oxygen atoms in total. The zero-order chi connectivity index (χ0) is 12.4. The predicted octanol–water partition coefficient (Wildman–Crippen LogP) is 1.93. The summed E-state index contributed by atoms with van der Waals surface area (Å²) in [6.45, 7) is 1.68. The van der Waals surface area contributed by atoms with Crippen molar-refractivity contribution in [2.24, 2.45) is 5.92 Å². The fourth-order valence-electron chi connectivity index (χ4n) is 2.73. The minimum Gasteiger partial charge on any atom is -0.381 e. The second kappa shape index (κ2) is 5.00. The van der Waals surface area contributed by atoms with Gasteiger partial charge in [-0.05, 0) is 25.1 Å². The Hall–Kier alpha value is -1.52. The number of nitrogens with zero attached hydrogens (tertiary/aromatic N) is 2. The number of hydrogen-bond donors (Lipinski definition) is 1. The molecule has 1 aromatic carbocycles. The molecule has 2 atom stereocenters. The fourth-order valence-corrected chi connectivity index (χ4v) is 2.73. The van der Waals surface area contributed by atoms with Gasteiger partial charge < -0.3 is 10.1 Å². The lowest BCUT2D eigenvalue weighted by Crippen LogP contribution is -2.26. The van der Waals surface area contributed by atoms with E-state index in [2.05, 4.69) is 21.4 Å². The normalized spacial score (nSPS) is 21.3. The maximum absolute atomic E-state index is 5.50. The molecule has 3 rings (SSSR count).